The van der Waals surface area contributed by atoms with Crippen molar-refractivity contribution in [1.82, 2.24) is 19.7 Å². The van der Waals surface area contributed by atoms with Gasteiger partial charge in [-0.25, -0.2) is 17.8 Å². The Hall–Kier alpha value is -2.50. The third-order valence-electron chi connectivity index (χ3n) is 4.78. The van der Waals surface area contributed by atoms with Crippen molar-refractivity contribution < 1.29 is 22.4 Å². The van der Waals surface area contributed by atoms with Crippen LogP contribution in [0, 0.1) is 5.82 Å². The van der Waals surface area contributed by atoms with Gasteiger partial charge >= 0.3 is 0 Å². The van der Waals surface area contributed by atoms with E-state index in [-0.39, 0.29) is 17.9 Å². The smallest absolute Gasteiger partial charge is 0.220 e. The number of aliphatic hydroxyl groups is 1. The summed E-state index contributed by atoms with van der Waals surface area (Å²) in [5.74, 6) is 0.0381. The molecule has 0 spiro atoms. The SMILES string of the molecule is CCNC(=NCc1ccc(F)c(CO)c1)N1CCN(S(=O)(=O)Cc2ccon2)CC1. The topological polar surface area (TPSA) is 111 Å². The molecule has 2 N–H and O–H groups in total. The van der Waals surface area contributed by atoms with Crippen molar-refractivity contribution in [2.45, 2.75) is 25.8 Å². The summed E-state index contributed by atoms with van der Waals surface area (Å²) in [5.41, 5.74) is 1.40. The van der Waals surface area contributed by atoms with Crippen LogP contribution in [0.1, 0.15) is 23.7 Å². The van der Waals surface area contributed by atoms with Crippen LogP contribution in [0.25, 0.3) is 0 Å². The number of nitrogens with one attached hydrogen (secondary N) is 1. The molecule has 3 rings (SSSR count). The van der Waals surface area contributed by atoms with Crippen LogP contribution < -0.4 is 5.32 Å². The maximum Gasteiger partial charge on any atom is 0.220 e. The van der Waals surface area contributed by atoms with Gasteiger partial charge in [-0.2, -0.15) is 4.31 Å². The molecule has 0 amide bonds. The minimum atomic E-state index is -3.47. The van der Waals surface area contributed by atoms with Crippen molar-refractivity contribution in [2.75, 3.05) is 32.7 Å². The van der Waals surface area contributed by atoms with E-state index in [1.165, 1.54) is 16.6 Å². The summed E-state index contributed by atoms with van der Waals surface area (Å²) in [6, 6.07) is 6.09. The van der Waals surface area contributed by atoms with Gasteiger partial charge in [-0.15, -0.1) is 0 Å². The number of aromatic nitrogens is 1. The van der Waals surface area contributed by atoms with Crippen LogP contribution in [0.15, 0.2) is 40.0 Å². The zero-order valence-corrected chi connectivity index (χ0v) is 17.6. The van der Waals surface area contributed by atoms with Gasteiger partial charge in [-0.1, -0.05) is 11.2 Å². The predicted molar refractivity (Wildman–Crippen MR) is 109 cm³/mol. The van der Waals surface area contributed by atoms with Gasteiger partial charge in [-0.3, -0.25) is 0 Å². The molecule has 1 aliphatic heterocycles. The summed E-state index contributed by atoms with van der Waals surface area (Å²) in [4.78, 5) is 6.60. The van der Waals surface area contributed by atoms with Gasteiger partial charge in [0.1, 0.15) is 17.8 Å². The van der Waals surface area contributed by atoms with Crippen molar-refractivity contribution in [2.24, 2.45) is 4.99 Å². The summed E-state index contributed by atoms with van der Waals surface area (Å²) in [6.07, 6.45) is 1.35. The van der Waals surface area contributed by atoms with Crippen LogP contribution in [0.3, 0.4) is 0 Å². The summed E-state index contributed by atoms with van der Waals surface area (Å²) < 4.78 is 44.9. The maximum atomic E-state index is 13.6. The number of hydrogen-bond donors (Lipinski definition) is 2. The lowest BCUT2D eigenvalue weighted by molar-refractivity contribution is 0.259. The van der Waals surface area contributed by atoms with Crippen LogP contribution in [0.2, 0.25) is 0 Å². The molecule has 2 aromatic rings. The second-order valence-corrected chi connectivity index (χ2v) is 8.86. The largest absolute Gasteiger partial charge is 0.392 e. The number of piperazine rings is 1. The van der Waals surface area contributed by atoms with Gasteiger partial charge in [0.25, 0.3) is 0 Å². The summed E-state index contributed by atoms with van der Waals surface area (Å²) >= 11 is 0. The Morgan fingerprint density at radius 2 is 2.07 bits per heavy atom. The Balaban J connectivity index is 1.63. The van der Waals surface area contributed by atoms with Crippen molar-refractivity contribution in [3.8, 4) is 0 Å². The number of aliphatic imine (C=N–C) groups is 1. The minimum Gasteiger partial charge on any atom is -0.392 e. The fourth-order valence-electron chi connectivity index (χ4n) is 3.21. The molecule has 0 saturated carbocycles. The quantitative estimate of drug-likeness (QED) is 0.487. The number of nitrogens with zero attached hydrogens (tertiary/aromatic N) is 4. The highest BCUT2D eigenvalue weighted by Crippen LogP contribution is 2.14. The van der Waals surface area contributed by atoms with Gasteiger partial charge in [0.05, 0.1) is 18.8 Å². The third kappa shape index (κ3) is 5.55. The first-order chi connectivity index (χ1) is 14.4. The average Bonchev–Trinajstić information content (AvgIpc) is 3.24. The molecule has 0 atom stereocenters. The Morgan fingerprint density at radius 1 is 1.30 bits per heavy atom. The van der Waals surface area contributed by atoms with Crippen molar-refractivity contribution >= 4 is 16.0 Å². The maximum absolute atomic E-state index is 13.6. The first-order valence-corrected chi connectivity index (χ1v) is 11.3. The van der Waals surface area contributed by atoms with Crippen molar-refractivity contribution in [3.05, 3.63) is 53.2 Å². The van der Waals surface area contributed by atoms with E-state index in [2.05, 4.69) is 15.5 Å². The minimum absolute atomic E-state index is 0.185. The molecule has 164 valence electrons. The van der Waals surface area contributed by atoms with E-state index in [9.17, 15) is 17.9 Å². The molecular weight excluding hydrogens is 413 g/mol. The van der Waals surface area contributed by atoms with E-state index >= 15 is 0 Å². The van der Waals surface area contributed by atoms with Crippen molar-refractivity contribution in [3.63, 3.8) is 0 Å². The summed E-state index contributed by atoms with van der Waals surface area (Å²) in [5, 5.41) is 16.1. The van der Waals surface area contributed by atoms with E-state index in [1.807, 2.05) is 11.8 Å². The molecule has 1 aromatic carbocycles. The molecule has 0 aliphatic carbocycles. The van der Waals surface area contributed by atoms with Crippen LogP contribution in [0.4, 0.5) is 4.39 Å². The zero-order chi connectivity index (χ0) is 21.6. The van der Waals surface area contributed by atoms with Crippen LogP contribution in [0.5, 0.6) is 0 Å². The fourth-order valence-corrected chi connectivity index (χ4v) is 4.63. The molecule has 1 saturated heterocycles. The van der Waals surface area contributed by atoms with Gasteiger partial charge in [-0.05, 0) is 24.6 Å². The third-order valence-corrected chi connectivity index (χ3v) is 6.59. The molecular formula is C19H26FN5O4S. The van der Waals surface area contributed by atoms with Gasteiger partial charge in [0.15, 0.2) is 5.96 Å². The molecule has 0 radical (unpaired) electrons. The fraction of sp³-hybridized carbons (Fsp3) is 0.474. The van der Waals surface area contributed by atoms with Crippen LogP contribution >= 0.6 is 0 Å². The lowest BCUT2D eigenvalue weighted by Gasteiger charge is -2.35. The standard InChI is InChI=1S/C19H26FN5O4S/c1-2-21-19(22-12-15-3-4-18(20)16(11-15)13-26)24-6-8-25(9-7-24)30(27,28)14-17-5-10-29-23-17/h3-5,10-11,26H,2,6-9,12-14H2,1H3,(H,21,22). The molecule has 1 aromatic heterocycles. The Morgan fingerprint density at radius 3 is 2.70 bits per heavy atom. The zero-order valence-electron chi connectivity index (χ0n) is 16.8. The Labute approximate surface area is 175 Å². The monoisotopic (exact) mass is 439 g/mol. The molecule has 11 heteroatoms. The second kappa shape index (κ2) is 10.0. The normalized spacial score (nSPS) is 16.1. The molecule has 2 heterocycles. The molecule has 1 fully saturated rings. The average molecular weight is 440 g/mol. The lowest BCUT2D eigenvalue weighted by Crippen LogP contribution is -2.53. The number of aliphatic hydroxyl groups excluding tert-OH is 1. The number of halogens is 1. The Kier molecular flexibility index (Phi) is 7.40. The van der Waals surface area contributed by atoms with E-state index < -0.39 is 15.8 Å². The van der Waals surface area contributed by atoms with Gasteiger partial charge < -0.3 is 19.8 Å². The summed E-state index contributed by atoms with van der Waals surface area (Å²) in [7, 11) is -3.47. The van der Waals surface area contributed by atoms with E-state index in [0.29, 0.717) is 50.9 Å². The van der Waals surface area contributed by atoms with Crippen LogP contribution in [-0.2, 0) is 28.9 Å². The molecule has 30 heavy (non-hydrogen) atoms. The van der Waals surface area contributed by atoms with E-state index in [0.717, 1.165) is 5.56 Å². The number of sulfonamides is 1. The van der Waals surface area contributed by atoms with Crippen molar-refractivity contribution in [1.29, 1.82) is 0 Å². The van der Waals surface area contributed by atoms with E-state index in [1.54, 1.807) is 18.2 Å². The van der Waals surface area contributed by atoms with Gasteiger partial charge in [0, 0.05) is 44.4 Å². The highest BCUT2D eigenvalue weighted by atomic mass is 32.2. The molecule has 9 nitrogen and oxygen atoms in total. The number of rotatable bonds is 7. The number of guanidine groups is 1. The summed E-state index contributed by atoms with van der Waals surface area (Å²) in [6.45, 7) is 4.25. The van der Waals surface area contributed by atoms with Gasteiger partial charge in [0.2, 0.25) is 10.0 Å². The predicted octanol–water partition coefficient (Wildman–Crippen LogP) is 0.919. The lowest BCUT2D eigenvalue weighted by atomic mass is 10.1. The molecule has 1 aliphatic rings. The van der Waals surface area contributed by atoms with Crippen LogP contribution in [-0.4, -0.2) is 66.6 Å². The number of benzene rings is 1. The number of hydrogen-bond acceptors (Lipinski definition) is 6. The molecule has 0 unspecified atom stereocenters. The second-order valence-electron chi connectivity index (χ2n) is 6.89. The first kappa shape index (κ1) is 22.2. The van der Waals surface area contributed by atoms with E-state index in [4.69, 9.17) is 4.52 Å². The first-order valence-electron chi connectivity index (χ1n) is 9.71. The highest BCUT2D eigenvalue weighted by molar-refractivity contribution is 7.88. The Bertz CT molecular complexity index is 957. The highest BCUT2D eigenvalue weighted by Gasteiger charge is 2.29. The molecule has 0 bridgehead atoms.